The number of aliphatic carboxylic acids is 1. The third kappa shape index (κ3) is 5.61. The molecule has 138 valence electrons. The second kappa shape index (κ2) is 9.06. The molecule has 1 aliphatic rings. The summed E-state index contributed by atoms with van der Waals surface area (Å²) in [4.78, 5) is 25.0. The summed E-state index contributed by atoms with van der Waals surface area (Å²) in [5.74, 6) is -0.816. The number of likely N-dealkylation sites (N-methyl/N-ethyl adjacent to an activating group) is 1. The van der Waals surface area contributed by atoms with Gasteiger partial charge in [-0.05, 0) is 43.5 Å². The van der Waals surface area contributed by atoms with Crippen molar-refractivity contribution in [1.29, 1.82) is 0 Å². The summed E-state index contributed by atoms with van der Waals surface area (Å²) in [6, 6.07) is 7.52. The summed E-state index contributed by atoms with van der Waals surface area (Å²) in [6.45, 7) is 4.71. The minimum absolute atomic E-state index is 0.0484. The van der Waals surface area contributed by atoms with Gasteiger partial charge in [0.2, 0.25) is 0 Å². The molecule has 1 saturated carbocycles. The average molecular weight is 368 g/mol. The molecule has 1 unspecified atom stereocenters. The molecule has 0 aliphatic heterocycles. The van der Waals surface area contributed by atoms with Crippen LogP contribution in [-0.2, 0) is 4.79 Å². The van der Waals surface area contributed by atoms with E-state index in [-0.39, 0.29) is 30.7 Å². The summed E-state index contributed by atoms with van der Waals surface area (Å²) < 4.78 is 0. The average Bonchev–Trinajstić information content (AvgIpc) is 2.53. The minimum Gasteiger partial charge on any atom is -0.480 e. The molecular weight excluding hydrogens is 342 g/mol. The molecule has 1 fully saturated rings. The Morgan fingerprint density at radius 2 is 2.08 bits per heavy atom. The fourth-order valence-corrected chi connectivity index (χ4v) is 3.41. The molecule has 7 heteroatoms. The predicted octanol–water partition coefficient (Wildman–Crippen LogP) is 3.03. The van der Waals surface area contributed by atoms with Crippen LogP contribution in [0.1, 0.15) is 44.7 Å². The first-order valence-corrected chi connectivity index (χ1v) is 9.09. The molecule has 0 heterocycles. The van der Waals surface area contributed by atoms with Crippen LogP contribution >= 0.6 is 11.6 Å². The zero-order chi connectivity index (χ0) is 18.4. The van der Waals surface area contributed by atoms with Crippen LogP contribution in [-0.4, -0.2) is 47.2 Å². The Kier molecular flexibility index (Phi) is 7.08. The number of carbonyl (C=O) groups excluding carboxylic acids is 1. The molecule has 0 radical (unpaired) electrons. The van der Waals surface area contributed by atoms with Crippen molar-refractivity contribution in [2.45, 2.75) is 51.2 Å². The first-order chi connectivity index (χ1) is 11.9. The van der Waals surface area contributed by atoms with Crippen molar-refractivity contribution in [3.63, 3.8) is 0 Å². The SMILES string of the molecule is CCC(NC(=O)NC1CC(N(CC)CC(=O)O)C1)c1cccc(Cl)c1. The van der Waals surface area contributed by atoms with Gasteiger partial charge in [-0.2, -0.15) is 0 Å². The summed E-state index contributed by atoms with van der Waals surface area (Å²) in [5, 5.41) is 15.5. The van der Waals surface area contributed by atoms with Gasteiger partial charge in [-0.25, -0.2) is 4.79 Å². The van der Waals surface area contributed by atoms with Crippen molar-refractivity contribution in [2.75, 3.05) is 13.1 Å². The molecule has 1 aromatic rings. The van der Waals surface area contributed by atoms with E-state index in [1.165, 1.54) is 0 Å². The van der Waals surface area contributed by atoms with Crippen molar-refractivity contribution in [3.05, 3.63) is 34.9 Å². The Hall–Kier alpha value is -1.79. The van der Waals surface area contributed by atoms with Gasteiger partial charge in [0.05, 0.1) is 12.6 Å². The quantitative estimate of drug-likeness (QED) is 0.659. The Balaban J connectivity index is 1.80. The lowest BCUT2D eigenvalue weighted by atomic mass is 9.85. The maximum absolute atomic E-state index is 12.2. The van der Waals surface area contributed by atoms with Gasteiger partial charge in [0, 0.05) is 17.1 Å². The summed E-state index contributed by atoms with van der Waals surface area (Å²) in [6.07, 6.45) is 2.33. The summed E-state index contributed by atoms with van der Waals surface area (Å²) in [5.41, 5.74) is 0.982. The zero-order valence-electron chi connectivity index (χ0n) is 14.7. The largest absolute Gasteiger partial charge is 0.480 e. The molecule has 25 heavy (non-hydrogen) atoms. The number of benzene rings is 1. The number of halogens is 1. The van der Waals surface area contributed by atoms with E-state index >= 15 is 0 Å². The molecule has 0 aromatic heterocycles. The van der Waals surface area contributed by atoms with E-state index in [2.05, 4.69) is 10.6 Å². The fourth-order valence-electron chi connectivity index (χ4n) is 3.21. The first kappa shape index (κ1) is 19.5. The van der Waals surface area contributed by atoms with Gasteiger partial charge in [-0.15, -0.1) is 0 Å². The molecule has 2 amide bonds. The summed E-state index contributed by atoms with van der Waals surface area (Å²) in [7, 11) is 0. The van der Waals surface area contributed by atoms with Gasteiger partial charge in [-0.3, -0.25) is 9.69 Å². The monoisotopic (exact) mass is 367 g/mol. The van der Waals surface area contributed by atoms with E-state index in [1.54, 1.807) is 0 Å². The van der Waals surface area contributed by atoms with E-state index in [9.17, 15) is 9.59 Å². The number of urea groups is 1. The number of carboxylic acids is 1. The molecule has 0 saturated heterocycles. The highest BCUT2D eigenvalue weighted by molar-refractivity contribution is 6.30. The number of hydrogen-bond acceptors (Lipinski definition) is 3. The van der Waals surface area contributed by atoms with Crippen molar-refractivity contribution >= 4 is 23.6 Å². The van der Waals surface area contributed by atoms with Gasteiger partial charge >= 0.3 is 12.0 Å². The molecule has 1 aromatic carbocycles. The van der Waals surface area contributed by atoms with Gasteiger partial charge in [0.15, 0.2) is 0 Å². The standard InChI is InChI=1S/C18H26ClN3O3/c1-3-16(12-6-5-7-13(19)8-12)21-18(25)20-14-9-15(10-14)22(4-2)11-17(23)24/h5-8,14-16H,3-4,9-11H2,1-2H3,(H,23,24)(H2,20,21,25). The molecular formula is C18H26ClN3O3. The molecule has 0 spiro atoms. The van der Waals surface area contributed by atoms with E-state index in [0.29, 0.717) is 11.6 Å². The molecule has 3 N–H and O–H groups in total. The van der Waals surface area contributed by atoms with Gasteiger partial charge < -0.3 is 15.7 Å². The van der Waals surface area contributed by atoms with Crippen LogP contribution in [0.2, 0.25) is 5.02 Å². The third-order valence-electron chi connectivity index (χ3n) is 4.67. The van der Waals surface area contributed by atoms with E-state index < -0.39 is 5.97 Å². The lowest BCUT2D eigenvalue weighted by Crippen LogP contribution is -2.56. The fraction of sp³-hybridized carbons (Fsp3) is 0.556. The van der Waals surface area contributed by atoms with Crippen molar-refractivity contribution in [3.8, 4) is 0 Å². The molecule has 0 bridgehead atoms. The number of hydrogen-bond donors (Lipinski definition) is 3. The van der Waals surface area contributed by atoms with Gasteiger partial charge in [0.1, 0.15) is 0 Å². The number of amides is 2. The van der Waals surface area contributed by atoms with Crippen molar-refractivity contribution in [1.82, 2.24) is 15.5 Å². The highest BCUT2D eigenvalue weighted by Crippen LogP contribution is 2.26. The predicted molar refractivity (Wildman–Crippen MR) is 97.8 cm³/mol. The van der Waals surface area contributed by atoms with Crippen molar-refractivity contribution < 1.29 is 14.7 Å². The zero-order valence-corrected chi connectivity index (χ0v) is 15.4. The Labute approximate surface area is 153 Å². The second-order valence-corrected chi connectivity index (χ2v) is 6.85. The Morgan fingerprint density at radius 1 is 1.36 bits per heavy atom. The van der Waals surface area contributed by atoms with Crippen LogP contribution in [0.25, 0.3) is 0 Å². The van der Waals surface area contributed by atoms with Crippen LogP contribution in [0, 0.1) is 0 Å². The van der Waals surface area contributed by atoms with Crippen LogP contribution in [0.15, 0.2) is 24.3 Å². The lowest BCUT2D eigenvalue weighted by Gasteiger charge is -2.42. The lowest BCUT2D eigenvalue weighted by molar-refractivity contribution is -0.139. The van der Waals surface area contributed by atoms with Crippen LogP contribution < -0.4 is 10.6 Å². The smallest absolute Gasteiger partial charge is 0.317 e. The Morgan fingerprint density at radius 3 is 2.64 bits per heavy atom. The normalized spacial score (nSPS) is 20.6. The first-order valence-electron chi connectivity index (χ1n) is 8.71. The number of rotatable bonds is 8. The second-order valence-electron chi connectivity index (χ2n) is 6.41. The molecule has 1 aliphatic carbocycles. The topological polar surface area (TPSA) is 81.7 Å². The highest BCUT2D eigenvalue weighted by atomic mass is 35.5. The highest BCUT2D eigenvalue weighted by Gasteiger charge is 2.34. The number of nitrogens with zero attached hydrogens (tertiary/aromatic N) is 1. The maximum atomic E-state index is 12.2. The molecule has 1 atom stereocenters. The maximum Gasteiger partial charge on any atom is 0.317 e. The minimum atomic E-state index is -0.816. The number of nitrogens with one attached hydrogen (secondary N) is 2. The number of carbonyl (C=O) groups is 2. The van der Waals surface area contributed by atoms with Crippen LogP contribution in [0.5, 0.6) is 0 Å². The van der Waals surface area contributed by atoms with Gasteiger partial charge in [-0.1, -0.05) is 37.6 Å². The molecule has 6 nitrogen and oxygen atoms in total. The van der Waals surface area contributed by atoms with Gasteiger partial charge in [0.25, 0.3) is 0 Å². The molecule has 2 rings (SSSR count). The van der Waals surface area contributed by atoms with Crippen LogP contribution in [0.3, 0.4) is 0 Å². The van der Waals surface area contributed by atoms with Crippen LogP contribution in [0.4, 0.5) is 4.79 Å². The third-order valence-corrected chi connectivity index (χ3v) is 4.91. The van der Waals surface area contributed by atoms with E-state index in [1.807, 2.05) is 43.0 Å². The van der Waals surface area contributed by atoms with E-state index in [4.69, 9.17) is 16.7 Å². The van der Waals surface area contributed by atoms with Crippen molar-refractivity contribution in [2.24, 2.45) is 0 Å². The summed E-state index contributed by atoms with van der Waals surface area (Å²) >= 11 is 6.02. The Bertz CT molecular complexity index is 605. The van der Waals surface area contributed by atoms with E-state index in [0.717, 1.165) is 24.8 Å². The number of carboxylic acid groups (broad SMARTS) is 1.